The van der Waals surface area contributed by atoms with Crippen molar-refractivity contribution in [1.82, 2.24) is 0 Å². The van der Waals surface area contributed by atoms with E-state index in [2.05, 4.69) is 17.1 Å². The molecule has 1 saturated carbocycles. The van der Waals surface area contributed by atoms with E-state index in [9.17, 15) is 10.5 Å². The summed E-state index contributed by atoms with van der Waals surface area (Å²) >= 11 is 0. The van der Waals surface area contributed by atoms with Crippen LogP contribution < -0.4 is 0 Å². The largest absolute Gasteiger partial charge is 0.447 e. The summed E-state index contributed by atoms with van der Waals surface area (Å²) < 4.78 is 12.0. The molecule has 4 aliphatic heterocycles. The summed E-state index contributed by atoms with van der Waals surface area (Å²) in [5, 5.41) is 27.9. The lowest BCUT2D eigenvalue weighted by Gasteiger charge is -2.62. The average molecular weight is 270 g/mol. The minimum Gasteiger partial charge on any atom is -0.447 e. The molecule has 3 saturated heterocycles. The van der Waals surface area contributed by atoms with E-state index in [0.29, 0.717) is 6.42 Å². The quantitative estimate of drug-likeness (QED) is 0.724. The molecule has 4 heterocycles. The van der Waals surface area contributed by atoms with Crippen molar-refractivity contribution in [3.8, 4) is 12.1 Å². The average Bonchev–Trinajstić information content (AvgIpc) is 2.63. The zero-order chi connectivity index (χ0) is 14.2. The fraction of sp³-hybridized carbons (Fsp3) is 0.714. The molecular formula is C14H14N4O2. The van der Waals surface area contributed by atoms with Crippen LogP contribution in [-0.2, 0) is 9.47 Å². The maximum absolute atomic E-state index is 9.88. The van der Waals surface area contributed by atoms with Crippen LogP contribution in [-0.4, -0.2) is 23.6 Å². The van der Waals surface area contributed by atoms with Gasteiger partial charge in [0.2, 0.25) is 11.7 Å². The Hall–Kier alpha value is -1.92. The standard InChI is InChI=1S/C14H14N4O2/c1-8-12(6-15)11-18-10(17)13(12,7-16)9-4-2-3-5-14(9,19-8)20-11/h8-9,17H,2-5H2,1H3/t8-,9-,12-,13+,14-/m1/s1. The molecule has 6 heteroatoms. The number of rotatable bonds is 0. The van der Waals surface area contributed by atoms with E-state index in [4.69, 9.17) is 14.9 Å². The summed E-state index contributed by atoms with van der Waals surface area (Å²) in [5.74, 6) is -0.954. The number of ether oxygens (including phenoxy) is 2. The van der Waals surface area contributed by atoms with E-state index in [1.807, 2.05) is 0 Å². The van der Waals surface area contributed by atoms with Gasteiger partial charge in [-0.1, -0.05) is 6.42 Å². The summed E-state index contributed by atoms with van der Waals surface area (Å²) in [4.78, 5) is 4.14. The van der Waals surface area contributed by atoms with E-state index >= 15 is 0 Å². The smallest absolute Gasteiger partial charge is 0.218 e. The summed E-state index contributed by atoms with van der Waals surface area (Å²) in [6.45, 7) is 1.79. The Morgan fingerprint density at radius 2 is 2.05 bits per heavy atom. The second-order valence-electron chi connectivity index (χ2n) is 6.08. The highest BCUT2D eigenvalue weighted by Crippen LogP contribution is 2.68. The van der Waals surface area contributed by atoms with Crippen LogP contribution >= 0.6 is 0 Å². The van der Waals surface area contributed by atoms with Crippen LogP contribution in [0.15, 0.2) is 4.99 Å². The molecule has 0 aromatic rings. The second kappa shape index (κ2) is 3.21. The molecule has 5 rings (SSSR count). The van der Waals surface area contributed by atoms with Gasteiger partial charge in [0.15, 0.2) is 10.8 Å². The van der Waals surface area contributed by atoms with Crippen LogP contribution in [0.2, 0.25) is 0 Å². The van der Waals surface area contributed by atoms with Crippen LogP contribution in [0.5, 0.6) is 0 Å². The number of amidine groups is 1. The predicted octanol–water partition coefficient (Wildman–Crippen LogP) is 1.73. The fourth-order valence-corrected chi connectivity index (χ4v) is 4.62. The van der Waals surface area contributed by atoms with Crippen molar-refractivity contribution >= 4 is 11.7 Å². The van der Waals surface area contributed by atoms with Gasteiger partial charge in [-0.2, -0.15) is 15.5 Å². The number of nitrogens with one attached hydrogen (secondary N) is 1. The number of hydrogen-bond acceptors (Lipinski definition) is 5. The Bertz CT molecular complexity index is 645. The van der Waals surface area contributed by atoms with Gasteiger partial charge in [-0.05, 0) is 19.8 Å². The maximum Gasteiger partial charge on any atom is 0.218 e. The Morgan fingerprint density at radius 1 is 1.30 bits per heavy atom. The molecule has 102 valence electrons. The van der Waals surface area contributed by atoms with Crippen molar-refractivity contribution in [2.75, 3.05) is 0 Å². The molecular weight excluding hydrogens is 256 g/mol. The van der Waals surface area contributed by atoms with Gasteiger partial charge in [0.05, 0.1) is 24.2 Å². The monoisotopic (exact) mass is 270 g/mol. The lowest BCUT2D eigenvalue weighted by Crippen LogP contribution is -2.74. The van der Waals surface area contributed by atoms with Crippen LogP contribution in [0.25, 0.3) is 0 Å². The third-order valence-corrected chi connectivity index (χ3v) is 5.48. The third kappa shape index (κ3) is 0.863. The van der Waals surface area contributed by atoms with Crippen LogP contribution in [0, 0.1) is 44.8 Å². The fourth-order valence-electron chi connectivity index (χ4n) is 4.62. The topological polar surface area (TPSA) is 102 Å². The first-order valence-electron chi connectivity index (χ1n) is 6.95. The van der Waals surface area contributed by atoms with Crippen molar-refractivity contribution in [1.29, 1.82) is 15.9 Å². The van der Waals surface area contributed by atoms with E-state index in [-0.39, 0.29) is 17.7 Å². The number of nitriles is 2. The molecule has 0 aromatic carbocycles. The molecule has 4 fully saturated rings. The van der Waals surface area contributed by atoms with Crippen molar-refractivity contribution in [3.63, 3.8) is 0 Å². The minimum absolute atomic E-state index is 0.0273. The second-order valence-corrected chi connectivity index (χ2v) is 6.08. The van der Waals surface area contributed by atoms with Crippen molar-refractivity contribution in [2.24, 2.45) is 21.7 Å². The number of aliphatic imine (C=N–C) groups is 1. The summed E-state index contributed by atoms with van der Waals surface area (Å²) in [7, 11) is 0. The van der Waals surface area contributed by atoms with Crippen molar-refractivity contribution in [2.45, 2.75) is 44.5 Å². The summed E-state index contributed by atoms with van der Waals surface area (Å²) in [6, 6.07) is 4.51. The molecule has 0 amide bonds. The molecule has 1 aliphatic carbocycles. The first kappa shape index (κ1) is 11.9. The van der Waals surface area contributed by atoms with E-state index in [1.54, 1.807) is 6.92 Å². The maximum atomic E-state index is 9.88. The molecule has 6 nitrogen and oxygen atoms in total. The third-order valence-electron chi connectivity index (χ3n) is 5.48. The number of nitrogens with zero attached hydrogens (tertiary/aromatic N) is 3. The first-order valence-corrected chi connectivity index (χ1v) is 6.95. The molecule has 5 aliphatic rings. The van der Waals surface area contributed by atoms with Gasteiger partial charge in [0.1, 0.15) is 5.84 Å². The highest BCUT2D eigenvalue weighted by Gasteiger charge is 2.82. The zero-order valence-electron chi connectivity index (χ0n) is 11.1. The minimum atomic E-state index is -1.26. The molecule has 1 spiro atoms. The Balaban J connectivity index is 2.05. The molecule has 0 radical (unpaired) electrons. The Morgan fingerprint density at radius 3 is 2.75 bits per heavy atom. The molecule has 0 aromatic heterocycles. The van der Waals surface area contributed by atoms with Crippen LogP contribution in [0.4, 0.5) is 0 Å². The SMILES string of the molecule is C[C@H]1O[C@@]23CCCC[C@@H]2[C@@]2(C#N)C(=N)N=C(O3)[C@@]12C#N. The highest BCUT2D eigenvalue weighted by atomic mass is 16.7. The van der Waals surface area contributed by atoms with Gasteiger partial charge in [0, 0.05) is 6.42 Å². The zero-order valence-corrected chi connectivity index (χ0v) is 11.1. The molecule has 20 heavy (non-hydrogen) atoms. The Kier molecular flexibility index (Phi) is 1.91. The van der Waals surface area contributed by atoms with Gasteiger partial charge < -0.3 is 9.47 Å². The first-order chi connectivity index (χ1) is 9.57. The van der Waals surface area contributed by atoms with Crippen LogP contribution in [0.1, 0.15) is 32.6 Å². The summed E-state index contributed by atoms with van der Waals surface area (Å²) in [6.07, 6.45) is 2.86. The van der Waals surface area contributed by atoms with E-state index in [0.717, 1.165) is 19.3 Å². The molecule has 0 unspecified atom stereocenters. The van der Waals surface area contributed by atoms with Crippen LogP contribution in [0.3, 0.4) is 0 Å². The van der Waals surface area contributed by atoms with Crippen molar-refractivity contribution in [3.05, 3.63) is 0 Å². The van der Waals surface area contributed by atoms with Gasteiger partial charge in [-0.15, -0.1) is 0 Å². The van der Waals surface area contributed by atoms with Gasteiger partial charge in [-0.25, -0.2) is 0 Å². The molecule has 1 N–H and O–H groups in total. The molecule has 5 atom stereocenters. The normalized spacial score (nSPS) is 51.5. The number of hydrogen-bond donors (Lipinski definition) is 1. The summed E-state index contributed by atoms with van der Waals surface area (Å²) in [5.41, 5.74) is -2.48. The number of fused-ring (bicyclic) bond motifs is 1. The Labute approximate surface area is 116 Å². The predicted molar refractivity (Wildman–Crippen MR) is 67.6 cm³/mol. The van der Waals surface area contributed by atoms with Gasteiger partial charge in [0.25, 0.3) is 0 Å². The van der Waals surface area contributed by atoms with Crippen molar-refractivity contribution < 1.29 is 9.47 Å². The lowest BCUT2D eigenvalue weighted by atomic mass is 9.49. The van der Waals surface area contributed by atoms with E-state index in [1.165, 1.54) is 0 Å². The molecule has 4 bridgehead atoms. The van der Waals surface area contributed by atoms with Gasteiger partial charge in [-0.3, -0.25) is 5.41 Å². The highest BCUT2D eigenvalue weighted by molar-refractivity contribution is 6.12. The lowest BCUT2D eigenvalue weighted by molar-refractivity contribution is -0.348. The van der Waals surface area contributed by atoms with Gasteiger partial charge >= 0.3 is 0 Å². The van der Waals surface area contributed by atoms with E-state index < -0.39 is 22.7 Å².